The number of carbonyl (C=O) groups excluding carboxylic acids is 2. The predicted octanol–water partition coefficient (Wildman–Crippen LogP) is 5.17. The Bertz CT molecular complexity index is 345. The second kappa shape index (κ2) is 16.2. The summed E-state index contributed by atoms with van der Waals surface area (Å²) in [6.07, 6.45) is 12.0. The van der Waals surface area contributed by atoms with Crippen molar-refractivity contribution in [3.63, 3.8) is 0 Å². The Kier molecular flexibility index (Phi) is 15.4. The second-order valence-electron chi connectivity index (χ2n) is 7.23. The van der Waals surface area contributed by atoms with Crippen LogP contribution in [0.4, 0.5) is 4.79 Å². The molecule has 5 nitrogen and oxygen atoms in total. The van der Waals surface area contributed by atoms with E-state index in [-0.39, 0.29) is 18.4 Å². The molecule has 0 aromatic heterocycles. The molecule has 0 saturated carbocycles. The first-order valence-electron chi connectivity index (χ1n) is 10.0. The Morgan fingerprint density at radius 2 is 1.36 bits per heavy atom. The minimum absolute atomic E-state index is 0.0608. The molecule has 1 amide bonds. The maximum Gasteiger partial charge on any atom is 0.410 e. The average Bonchev–Trinajstić information content (AvgIpc) is 2.57. The van der Waals surface area contributed by atoms with Gasteiger partial charge in [0.05, 0.1) is 13.2 Å². The molecule has 0 rings (SSSR count). The first-order chi connectivity index (χ1) is 12.0. The lowest BCUT2D eigenvalue weighted by molar-refractivity contribution is -0.144. The molecule has 0 atom stereocenters. The van der Waals surface area contributed by atoms with Crippen molar-refractivity contribution in [1.82, 2.24) is 4.90 Å². The maximum atomic E-state index is 11.7. The van der Waals surface area contributed by atoms with Gasteiger partial charge in [-0.25, -0.2) is 4.79 Å². The summed E-state index contributed by atoms with van der Waals surface area (Å²) in [6, 6.07) is 0. The van der Waals surface area contributed by atoms with E-state index in [0.29, 0.717) is 13.2 Å². The fraction of sp³-hybridized carbons (Fsp3) is 0.900. The number of carbonyl (C=O) groups is 2. The molecule has 0 N–H and O–H groups in total. The van der Waals surface area contributed by atoms with Crippen molar-refractivity contribution in [1.29, 1.82) is 0 Å². The summed E-state index contributed by atoms with van der Waals surface area (Å²) in [6.45, 7) is 6.90. The van der Waals surface area contributed by atoms with Crippen LogP contribution in [0.1, 0.15) is 85.0 Å². The van der Waals surface area contributed by atoms with Crippen molar-refractivity contribution < 1.29 is 19.1 Å². The molecule has 0 aromatic carbocycles. The van der Waals surface area contributed by atoms with E-state index in [0.717, 1.165) is 12.8 Å². The first-order valence-corrected chi connectivity index (χ1v) is 10.0. The van der Waals surface area contributed by atoms with Gasteiger partial charge >= 0.3 is 12.1 Å². The van der Waals surface area contributed by atoms with Gasteiger partial charge < -0.3 is 14.4 Å². The predicted molar refractivity (Wildman–Crippen MR) is 102 cm³/mol. The van der Waals surface area contributed by atoms with Crippen molar-refractivity contribution in [2.45, 2.75) is 85.0 Å². The molecule has 0 bridgehead atoms. The van der Waals surface area contributed by atoms with Crippen LogP contribution in [0.25, 0.3) is 0 Å². The van der Waals surface area contributed by atoms with Gasteiger partial charge in [0.15, 0.2) is 0 Å². The quantitative estimate of drug-likeness (QED) is 0.299. The second-order valence-corrected chi connectivity index (χ2v) is 7.23. The minimum Gasteiger partial charge on any atom is -0.464 e. The molecular formula is C20H39NO4. The van der Waals surface area contributed by atoms with Gasteiger partial charge in [0.2, 0.25) is 0 Å². The molecule has 0 aliphatic rings. The lowest BCUT2D eigenvalue weighted by atomic mass is 10.1. The summed E-state index contributed by atoms with van der Waals surface area (Å²) in [5.74, 6) is -0.0967. The van der Waals surface area contributed by atoms with Gasteiger partial charge in [-0.1, -0.05) is 78.6 Å². The zero-order valence-electron chi connectivity index (χ0n) is 16.8. The van der Waals surface area contributed by atoms with E-state index in [9.17, 15) is 9.59 Å². The third kappa shape index (κ3) is 16.0. The van der Waals surface area contributed by atoms with Crippen LogP contribution in [0.3, 0.4) is 0 Å². The Labute approximate surface area is 154 Å². The summed E-state index contributed by atoms with van der Waals surface area (Å²) in [4.78, 5) is 24.6. The Balaban J connectivity index is 3.47. The van der Waals surface area contributed by atoms with E-state index in [2.05, 4.69) is 6.92 Å². The number of nitrogens with zero attached hydrogens (tertiary/aromatic N) is 1. The van der Waals surface area contributed by atoms with E-state index in [1.54, 1.807) is 7.05 Å². The summed E-state index contributed by atoms with van der Waals surface area (Å²) in [7, 11) is 1.55. The van der Waals surface area contributed by atoms with Crippen LogP contribution < -0.4 is 0 Å². The highest BCUT2D eigenvalue weighted by Gasteiger charge is 2.15. The van der Waals surface area contributed by atoms with Crippen LogP contribution in [0, 0.1) is 5.92 Å². The molecule has 0 unspecified atom stereocenters. The van der Waals surface area contributed by atoms with Gasteiger partial charge in [-0.15, -0.1) is 0 Å². The maximum absolute atomic E-state index is 11.7. The SMILES string of the molecule is CCCCCCCCCCCCOC(=O)CN(C)C(=O)OCC(C)C. The first kappa shape index (κ1) is 23.7. The van der Waals surface area contributed by atoms with E-state index >= 15 is 0 Å². The standard InChI is InChI=1S/C20H39NO4/c1-5-6-7-8-9-10-11-12-13-14-15-24-19(22)16-21(4)20(23)25-17-18(2)3/h18H,5-17H2,1-4H3. The lowest BCUT2D eigenvalue weighted by Crippen LogP contribution is -2.34. The van der Waals surface area contributed by atoms with E-state index in [1.165, 1.54) is 56.3 Å². The highest BCUT2D eigenvalue weighted by Crippen LogP contribution is 2.10. The molecule has 25 heavy (non-hydrogen) atoms. The molecule has 0 radical (unpaired) electrons. The normalized spacial score (nSPS) is 10.8. The summed E-state index contributed by atoms with van der Waals surface area (Å²) in [5, 5.41) is 0. The van der Waals surface area contributed by atoms with Crippen LogP contribution in [0.15, 0.2) is 0 Å². The average molecular weight is 358 g/mol. The van der Waals surface area contributed by atoms with Crippen LogP contribution in [-0.4, -0.2) is 43.8 Å². The van der Waals surface area contributed by atoms with Gasteiger partial charge in [0, 0.05) is 7.05 Å². The third-order valence-electron chi connectivity index (χ3n) is 3.98. The summed E-state index contributed by atoms with van der Waals surface area (Å²) >= 11 is 0. The number of amides is 1. The fourth-order valence-corrected chi connectivity index (χ4v) is 2.43. The van der Waals surface area contributed by atoms with E-state index in [4.69, 9.17) is 9.47 Å². The number of ether oxygens (including phenoxy) is 2. The molecule has 0 aromatic rings. The van der Waals surface area contributed by atoms with Crippen molar-refractivity contribution in [3.05, 3.63) is 0 Å². The largest absolute Gasteiger partial charge is 0.464 e. The molecule has 0 heterocycles. The molecule has 0 aliphatic carbocycles. The summed E-state index contributed by atoms with van der Waals surface area (Å²) in [5.41, 5.74) is 0. The topological polar surface area (TPSA) is 55.8 Å². The smallest absolute Gasteiger partial charge is 0.410 e. The molecule has 0 fully saturated rings. The molecule has 0 aliphatic heterocycles. The minimum atomic E-state index is -0.482. The lowest BCUT2D eigenvalue weighted by Gasteiger charge is -2.17. The highest BCUT2D eigenvalue weighted by atomic mass is 16.6. The zero-order valence-corrected chi connectivity index (χ0v) is 16.8. The zero-order chi connectivity index (χ0) is 18.9. The van der Waals surface area contributed by atoms with Crippen molar-refractivity contribution in [2.75, 3.05) is 26.8 Å². The molecular weight excluding hydrogens is 318 g/mol. The molecule has 148 valence electrons. The number of esters is 1. The van der Waals surface area contributed by atoms with Gasteiger partial charge in [-0.3, -0.25) is 4.79 Å². The fourth-order valence-electron chi connectivity index (χ4n) is 2.43. The Morgan fingerprint density at radius 3 is 1.88 bits per heavy atom. The van der Waals surface area contributed by atoms with Crippen LogP contribution in [-0.2, 0) is 14.3 Å². The molecule has 0 saturated heterocycles. The van der Waals surface area contributed by atoms with Gasteiger partial charge in [-0.2, -0.15) is 0 Å². The van der Waals surface area contributed by atoms with Crippen molar-refractivity contribution in [2.24, 2.45) is 5.92 Å². The van der Waals surface area contributed by atoms with Crippen LogP contribution >= 0.6 is 0 Å². The highest BCUT2D eigenvalue weighted by molar-refractivity contribution is 5.77. The molecule has 5 heteroatoms. The van der Waals surface area contributed by atoms with Crippen LogP contribution in [0.5, 0.6) is 0 Å². The monoisotopic (exact) mass is 357 g/mol. The van der Waals surface area contributed by atoms with Gasteiger partial charge in [0.1, 0.15) is 6.54 Å². The van der Waals surface area contributed by atoms with Gasteiger partial charge in [0.25, 0.3) is 0 Å². The van der Waals surface area contributed by atoms with Crippen molar-refractivity contribution in [3.8, 4) is 0 Å². The number of likely N-dealkylation sites (N-methyl/N-ethyl adjacent to an activating group) is 1. The van der Waals surface area contributed by atoms with Crippen LogP contribution in [0.2, 0.25) is 0 Å². The Hall–Kier alpha value is -1.26. The number of hydrogen-bond acceptors (Lipinski definition) is 4. The van der Waals surface area contributed by atoms with Crippen molar-refractivity contribution >= 4 is 12.1 Å². The number of hydrogen-bond donors (Lipinski definition) is 0. The Morgan fingerprint density at radius 1 is 0.840 bits per heavy atom. The van der Waals surface area contributed by atoms with E-state index < -0.39 is 6.09 Å². The number of rotatable bonds is 15. The van der Waals surface area contributed by atoms with Gasteiger partial charge in [-0.05, 0) is 12.3 Å². The summed E-state index contributed by atoms with van der Waals surface area (Å²) < 4.78 is 10.2. The van der Waals surface area contributed by atoms with E-state index in [1.807, 2.05) is 13.8 Å². The number of unbranched alkanes of at least 4 members (excludes halogenated alkanes) is 9. The molecule has 0 spiro atoms. The third-order valence-corrected chi connectivity index (χ3v) is 3.98.